The summed E-state index contributed by atoms with van der Waals surface area (Å²) in [5.74, 6) is -1.59. The van der Waals surface area contributed by atoms with Gasteiger partial charge in [-0.15, -0.1) is 0 Å². The van der Waals surface area contributed by atoms with Gasteiger partial charge in [0.25, 0.3) is 0 Å². The van der Waals surface area contributed by atoms with E-state index in [2.05, 4.69) is 24.3 Å². The Morgan fingerprint density at radius 3 is 2.29 bits per heavy atom. The monoisotopic (exact) mass is 255 g/mol. The molecular formula is C13H17F2OSi. The molecule has 1 rings (SSSR count). The molecule has 0 spiro atoms. The van der Waals surface area contributed by atoms with Crippen molar-refractivity contribution in [1.82, 2.24) is 0 Å². The van der Waals surface area contributed by atoms with Gasteiger partial charge in [0.15, 0.2) is 11.6 Å². The quantitative estimate of drug-likeness (QED) is 0.706. The highest BCUT2D eigenvalue weighted by Crippen LogP contribution is 2.25. The predicted molar refractivity (Wildman–Crippen MR) is 64.8 cm³/mol. The average molecular weight is 255 g/mol. The highest BCUT2D eigenvalue weighted by molar-refractivity contribution is 5.98. The Labute approximate surface area is 105 Å². The summed E-state index contributed by atoms with van der Waals surface area (Å²) in [6.07, 6.45) is 3.19. The van der Waals surface area contributed by atoms with Gasteiger partial charge in [0.2, 0.25) is 10.5 Å². The highest BCUT2D eigenvalue weighted by atomic mass is 28.2. The van der Waals surface area contributed by atoms with Crippen LogP contribution in [0.25, 0.3) is 0 Å². The lowest BCUT2D eigenvalue weighted by Crippen LogP contribution is -2.30. The largest absolute Gasteiger partial charge is 0.413 e. The molecule has 0 saturated heterocycles. The summed E-state index contributed by atoms with van der Waals surface area (Å²) in [7, 11) is 3.11. The zero-order valence-electron chi connectivity index (χ0n) is 10.2. The van der Waals surface area contributed by atoms with Crippen LogP contribution in [0.4, 0.5) is 8.78 Å². The molecule has 0 aromatic heterocycles. The second-order valence-corrected chi connectivity index (χ2v) is 4.44. The number of hydrogen-bond donors (Lipinski definition) is 0. The highest BCUT2D eigenvalue weighted by Gasteiger charge is 2.24. The number of rotatable bonds is 6. The van der Waals surface area contributed by atoms with Crippen molar-refractivity contribution in [3.8, 4) is 0 Å². The first kappa shape index (κ1) is 14.3. The van der Waals surface area contributed by atoms with Crippen LogP contribution < -0.4 is 0 Å². The van der Waals surface area contributed by atoms with Crippen LogP contribution in [-0.2, 0) is 10.8 Å². The normalized spacial score (nSPS) is 11.8. The molecule has 93 valence electrons. The zero-order valence-corrected chi connectivity index (χ0v) is 11.2. The molecule has 0 amide bonds. The van der Waals surface area contributed by atoms with Crippen molar-refractivity contribution in [2.75, 3.05) is 0 Å². The molecule has 1 aromatic carbocycles. The SMILES string of the molecule is CCC(CC)(CCc1ccc(F)c(F)c1)O[Si]. The Hall–Kier alpha value is -0.743. The maximum absolute atomic E-state index is 13.0. The van der Waals surface area contributed by atoms with Crippen molar-refractivity contribution in [2.24, 2.45) is 0 Å². The Morgan fingerprint density at radius 2 is 1.82 bits per heavy atom. The minimum absolute atomic E-state index is 0.234. The lowest BCUT2D eigenvalue weighted by Gasteiger charge is -2.30. The summed E-state index contributed by atoms with van der Waals surface area (Å²) in [6, 6.07) is 4.03. The summed E-state index contributed by atoms with van der Waals surface area (Å²) < 4.78 is 31.1. The molecule has 0 N–H and O–H groups in total. The van der Waals surface area contributed by atoms with Gasteiger partial charge in [0.1, 0.15) is 0 Å². The second kappa shape index (κ2) is 6.26. The summed E-state index contributed by atoms with van der Waals surface area (Å²) in [6.45, 7) is 4.10. The van der Waals surface area contributed by atoms with E-state index in [1.54, 1.807) is 6.07 Å². The molecule has 0 aliphatic rings. The van der Waals surface area contributed by atoms with Crippen molar-refractivity contribution in [2.45, 2.75) is 45.1 Å². The number of hydrogen-bond acceptors (Lipinski definition) is 1. The molecule has 0 saturated carbocycles. The minimum Gasteiger partial charge on any atom is -0.413 e. The summed E-state index contributed by atoms with van der Waals surface area (Å²) in [5, 5.41) is 0. The predicted octanol–water partition coefficient (Wildman–Crippen LogP) is 3.56. The fourth-order valence-corrected chi connectivity index (χ4v) is 2.26. The third kappa shape index (κ3) is 3.61. The van der Waals surface area contributed by atoms with Gasteiger partial charge in [-0.25, -0.2) is 8.78 Å². The van der Waals surface area contributed by atoms with E-state index >= 15 is 0 Å². The van der Waals surface area contributed by atoms with E-state index in [-0.39, 0.29) is 5.60 Å². The lowest BCUT2D eigenvalue weighted by atomic mass is 9.90. The van der Waals surface area contributed by atoms with Crippen molar-refractivity contribution >= 4 is 10.5 Å². The number of benzene rings is 1. The zero-order chi connectivity index (χ0) is 12.9. The number of halogens is 2. The molecule has 0 heterocycles. The smallest absolute Gasteiger partial charge is 0.247 e. The van der Waals surface area contributed by atoms with Gasteiger partial charge < -0.3 is 4.43 Å². The third-order valence-electron chi connectivity index (χ3n) is 3.36. The summed E-state index contributed by atoms with van der Waals surface area (Å²) in [5.41, 5.74) is 0.556. The summed E-state index contributed by atoms with van der Waals surface area (Å²) >= 11 is 0. The van der Waals surface area contributed by atoms with Crippen LogP contribution in [0.3, 0.4) is 0 Å². The standard InChI is InChI=1S/C13H17F2OSi/c1-3-13(4-2,16-17)8-7-10-5-6-11(14)12(15)9-10/h5-6,9H,3-4,7-8H2,1-2H3. The second-order valence-electron chi connectivity index (χ2n) is 4.24. The molecule has 0 unspecified atom stereocenters. The van der Waals surface area contributed by atoms with Gasteiger partial charge in [-0.3, -0.25) is 0 Å². The maximum atomic E-state index is 13.0. The van der Waals surface area contributed by atoms with Crippen molar-refractivity contribution in [1.29, 1.82) is 0 Å². The first-order valence-electron chi connectivity index (χ1n) is 5.85. The molecule has 1 nitrogen and oxygen atoms in total. The van der Waals surface area contributed by atoms with Gasteiger partial charge >= 0.3 is 0 Å². The van der Waals surface area contributed by atoms with Gasteiger partial charge in [-0.2, -0.15) is 0 Å². The molecule has 4 heteroatoms. The van der Waals surface area contributed by atoms with Gasteiger partial charge in [-0.05, 0) is 43.4 Å². The minimum atomic E-state index is -0.803. The van der Waals surface area contributed by atoms with Crippen LogP contribution in [0.2, 0.25) is 0 Å². The van der Waals surface area contributed by atoms with Crippen molar-refractivity contribution in [3.63, 3.8) is 0 Å². The van der Waals surface area contributed by atoms with Crippen LogP contribution in [0.15, 0.2) is 18.2 Å². The van der Waals surface area contributed by atoms with Crippen LogP contribution in [-0.4, -0.2) is 16.1 Å². The van der Waals surface area contributed by atoms with Crippen molar-refractivity contribution < 1.29 is 13.2 Å². The van der Waals surface area contributed by atoms with Gasteiger partial charge in [0.05, 0.1) is 5.60 Å². The molecule has 0 bridgehead atoms. The van der Waals surface area contributed by atoms with Crippen LogP contribution in [0.5, 0.6) is 0 Å². The first-order chi connectivity index (χ1) is 8.06. The molecule has 0 aliphatic carbocycles. The Morgan fingerprint density at radius 1 is 1.18 bits per heavy atom. The Bertz CT molecular complexity index is 356. The molecule has 0 aliphatic heterocycles. The summed E-state index contributed by atoms with van der Waals surface area (Å²) in [4.78, 5) is 0. The van der Waals surface area contributed by atoms with Crippen LogP contribution in [0, 0.1) is 11.6 Å². The van der Waals surface area contributed by atoms with E-state index in [1.165, 1.54) is 12.1 Å². The fourth-order valence-electron chi connectivity index (χ4n) is 1.87. The molecule has 3 radical (unpaired) electrons. The molecule has 0 atom stereocenters. The fraction of sp³-hybridized carbons (Fsp3) is 0.538. The topological polar surface area (TPSA) is 9.23 Å². The Kier molecular flexibility index (Phi) is 5.27. The average Bonchev–Trinajstić information content (AvgIpc) is 2.36. The van der Waals surface area contributed by atoms with E-state index in [0.29, 0.717) is 6.42 Å². The lowest BCUT2D eigenvalue weighted by molar-refractivity contribution is 0.0616. The van der Waals surface area contributed by atoms with Gasteiger partial charge in [-0.1, -0.05) is 19.9 Å². The third-order valence-corrected chi connectivity index (χ3v) is 3.79. The van der Waals surface area contributed by atoms with Gasteiger partial charge in [0, 0.05) is 0 Å². The molecule has 1 aromatic rings. The molecular weight excluding hydrogens is 238 g/mol. The number of aryl methyl sites for hydroxylation is 1. The van der Waals surface area contributed by atoms with Crippen LogP contribution >= 0.6 is 0 Å². The van der Waals surface area contributed by atoms with E-state index in [9.17, 15) is 8.78 Å². The molecule has 0 fully saturated rings. The molecule has 17 heavy (non-hydrogen) atoms. The van der Waals surface area contributed by atoms with Crippen molar-refractivity contribution in [3.05, 3.63) is 35.4 Å². The Balaban J connectivity index is 2.68. The maximum Gasteiger partial charge on any atom is 0.247 e. The van der Waals surface area contributed by atoms with E-state index < -0.39 is 11.6 Å². The van der Waals surface area contributed by atoms with Crippen LogP contribution in [0.1, 0.15) is 38.7 Å². The van der Waals surface area contributed by atoms with E-state index in [0.717, 1.165) is 24.8 Å². The first-order valence-corrected chi connectivity index (χ1v) is 6.26. The van der Waals surface area contributed by atoms with E-state index in [4.69, 9.17) is 4.43 Å². The van der Waals surface area contributed by atoms with E-state index in [1.807, 2.05) is 0 Å².